The van der Waals surface area contributed by atoms with Crippen molar-refractivity contribution in [2.45, 2.75) is 52.0 Å². The van der Waals surface area contributed by atoms with Crippen LogP contribution in [0, 0.1) is 5.92 Å². The van der Waals surface area contributed by atoms with Gasteiger partial charge in [0.1, 0.15) is 5.56 Å². The Labute approximate surface area is 120 Å². The Hall–Kier alpha value is -1.65. The van der Waals surface area contributed by atoms with Crippen molar-refractivity contribution >= 4 is 11.8 Å². The first-order valence-electron chi connectivity index (χ1n) is 7.41. The Morgan fingerprint density at radius 1 is 1.45 bits per heavy atom. The first-order valence-corrected chi connectivity index (χ1v) is 7.41. The van der Waals surface area contributed by atoms with Crippen LogP contribution < -0.4 is 4.90 Å². The van der Waals surface area contributed by atoms with Crippen LogP contribution in [-0.4, -0.2) is 33.9 Å². The van der Waals surface area contributed by atoms with Crippen LogP contribution in [0.15, 0.2) is 12.3 Å². The van der Waals surface area contributed by atoms with Gasteiger partial charge in [0.15, 0.2) is 5.82 Å². The zero-order chi connectivity index (χ0) is 14.5. The molecule has 0 aromatic carbocycles. The lowest BCUT2D eigenvalue weighted by molar-refractivity contribution is 0.0697. The van der Waals surface area contributed by atoms with Crippen molar-refractivity contribution < 1.29 is 9.90 Å². The summed E-state index contributed by atoms with van der Waals surface area (Å²) in [7, 11) is 0. The van der Waals surface area contributed by atoms with Gasteiger partial charge in [0.05, 0.1) is 6.20 Å². The van der Waals surface area contributed by atoms with Crippen LogP contribution in [0.5, 0.6) is 0 Å². The number of aromatic carboxylic acids is 1. The van der Waals surface area contributed by atoms with Crippen molar-refractivity contribution in [2.24, 2.45) is 5.92 Å². The second-order valence-electron chi connectivity index (χ2n) is 5.89. The van der Waals surface area contributed by atoms with Crippen molar-refractivity contribution in [3.8, 4) is 0 Å². The molecule has 1 saturated carbocycles. The highest BCUT2D eigenvalue weighted by atomic mass is 16.4. The van der Waals surface area contributed by atoms with E-state index in [9.17, 15) is 9.90 Å². The largest absolute Gasteiger partial charge is 0.478 e. The summed E-state index contributed by atoms with van der Waals surface area (Å²) in [4.78, 5) is 13.6. The number of aromatic nitrogens is 2. The molecule has 5 heteroatoms. The Morgan fingerprint density at radius 3 is 2.75 bits per heavy atom. The van der Waals surface area contributed by atoms with Crippen molar-refractivity contribution in [1.29, 1.82) is 0 Å². The maximum absolute atomic E-state index is 11.4. The molecule has 1 aromatic rings. The summed E-state index contributed by atoms with van der Waals surface area (Å²) >= 11 is 0. The molecular formula is C15H23N3O2. The maximum atomic E-state index is 11.4. The lowest BCUT2D eigenvalue weighted by atomic mass is 10.1. The van der Waals surface area contributed by atoms with E-state index in [4.69, 9.17) is 0 Å². The second kappa shape index (κ2) is 6.68. The summed E-state index contributed by atoms with van der Waals surface area (Å²) in [6.45, 7) is 5.21. The van der Waals surface area contributed by atoms with Crippen LogP contribution in [0.3, 0.4) is 0 Å². The zero-order valence-electron chi connectivity index (χ0n) is 12.2. The standard InChI is InChI=1S/C15H23N3O2/c1-11(2)8-10-18(12-5-3-4-6-12)14-13(15(19)20)7-9-16-17-14/h7,9,11-12H,3-6,8,10H2,1-2H3,(H,19,20). The van der Waals surface area contributed by atoms with E-state index in [-0.39, 0.29) is 5.56 Å². The minimum Gasteiger partial charge on any atom is -0.478 e. The van der Waals surface area contributed by atoms with Crippen molar-refractivity contribution in [2.75, 3.05) is 11.4 Å². The molecule has 0 atom stereocenters. The lowest BCUT2D eigenvalue weighted by Gasteiger charge is -2.31. The maximum Gasteiger partial charge on any atom is 0.339 e. The van der Waals surface area contributed by atoms with Gasteiger partial charge >= 0.3 is 5.97 Å². The average molecular weight is 277 g/mol. The fourth-order valence-corrected chi connectivity index (χ4v) is 2.78. The van der Waals surface area contributed by atoms with Crippen LogP contribution in [-0.2, 0) is 0 Å². The number of carboxylic acids is 1. The molecule has 0 saturated heterocycles. The quantitative estimate of drug-likeness (QED) is 0.866. The third-order valence-electron chi connectivity index (χ3n) is 3.92. The summed E-state index contributed by atoms with van der Waals surface area (Å²) < 4.78 is 0. The molecular weight excluding hydrogens is 254 g/mol. The monoisotopic (exact) mass is 277 g/mol. The van der Waals surface area contributed by atoms with Gasteiger partial charge in [0.2, 0.25) is 0 Å². The van der Waals surface area contributed by atoms with E-state index in [1.165, 1.54) is 19.0 Å². The fourth-order valence-electron chi connectivity index (χ4n) is 2.78. The summed E-state index contributed by atoms with van der Waals surface area (Å²) in [5.41, 5.74) is 0.260. The zero-order valence-corrected chi connectivity index (χ0v) is 12.2. The Kier molecular flexibility index (Phi) is 4.93. The van der Waals surface area contributed by atoms with Crippen LogP contribution in [0.25, 0.3) is 0 Å². The van der Waals surface area contributed by atoms with Crippen molar-refractivity contribution in [3.05, 3.63) is 17.8 Å². The number of anilines is 1. The van der Waals surface area contributed by atoms with E-state index in [0.29, 0.717) is 17.8 Å². The fraction of sp³-hybridized carbons (Fsp3) is 0.667. The van der Waals surface area contributed by atoms with E-state index in [1.807, 2.05) is 0 Å². The van der Waals surface area contributed by atoms with Crippen molar-refractivity contribution in [1.82, 2.24) is 10.2 Å². The third kappa shape index (κ3) is 3.46. The second-order valence-corrected chi connectivity index (χ2v) is 5.89. The highest BCUT2D eigenvalue weighted by Gasteiger charge is 2.27. The molecule has 0 amide bonds. The highest BCUT2D eigenvalue weighted by Crippen LogP contribution is 2.29. The Bertz CT molecular complexity index is 456. The number of nitrogens with zero attached hydrogens (tertiary/aromatic N) is 3. The molecule has 1 aliphatic carbocycles. The molecule has 0 bridgehead atoms. The number of carboxylic acid groups (broad SMARTS) is 1. The summed E-state index contributed by atoms with van der Waals surface area (Å²) in [5.74, 6) is 0.193. The van der Waals surface area contributed by atoms with Gasteiger partial charge in [-0.25, -0.2) is 4.79 Å². The normalized spacial score (nSPS) is 15.8. The molecule has 1 aliphatic rings. The molecule has 0 radical (unpaired) electrons. The van der Waals surface area contributed by atoms with Gasteiger partial charge in [0.25, 0.3) is 0 Å². The molecule has 1 fully saturated rings. The molecule has 0 spiro atoms. The molecule has 0 aliphatic heterocycles. The minimum atomic E-state index is -0.928. The average Bonchev–Trinajstić information content (AvgIpc) is 2.93. The van der Waals surface area contributed by atoms with Gasteiger partial charge in [0, 0.05) is 12.6 Å². The number of carbonyl (C=O) groups is 1. The van der Waals surface area contributed by atoms with Gasteiger partial charge in [-0.3, -0.25) is 0 Å². The Balaban J connectivity index is 2.27. The van der Waals surface area contributed by atoms with Crippen molar-refractivity contribution in [3.63, 3.8) is 0 Å². The smallest absolute Gasteiger partial charge is 0.339 e. The van der Waals surface area contributed by atoms with E-state index >= 15 is 0 Å². The van der Waals surface area contributed by atoms with Gasteiger partial charge in [-0.05, 0) is 31.2 Å². The van der Waals surface area contributed by atoms with Gasteiger partial charge in [-0.1, -0.05) is 26.7 Å². The SMILES string of the molecule is CC(C)CCN(c1nnccc1C(=O)O)C1CCCC1. The molecule has 5 nitrogen and oxygen atoms in total. The van der Waals surface area contributed by atoms with E-state index < -0.39 is 5.97 Å². The van der Waals surface area contributed by atoms with Crippen LogP contribution >= 0.6 is 0 Å². The summed E-state index contributed by atoms with van der Waals surface area (Å²) in [6, 6.07) is 1.95. The molecule has 20 heavy (non-hydrogen) atoms. The summed E-state index contributed by atoms with van der Waals surface area (Å²) in [6.07, 6.45) is 7.15. The van der Waals surface area contributed by atoms with Crippen LogP contribution in [0.1, 0.15) is 56.3 Å². The van der Waals surface area contributed by atoms with E-state index in [0.717, 1.165) is 25.8 Å². The number of hydrogen-bond donors (Lipinski definition) is 1. The Morgan fingerprint density at radius 2 is 2.15 bits per heavy atom. The molecule has 110 valence electrons. The van der Waals surface area contributed by atoms with Crippen LogP contribution in [0.4, 0.5) is 5.82 Å². The highest BCUT2D eigenvalue weighted by molar-refractivity contribution is 5.93. The molecule has 0 unspecified atom stereocenters. The van der Waals surface area contributed by atoms with E-state index in [1.54, 1.807) is 6.07 Å². The lowest BCUT2D eigenvalue weighted by Crippen LogP contribution is -2.36. The predicted octanol–water partition coefficient (Wildman–Crippen LogP) is 2.97. The van der Waals surface area contributed by atoms with Gasteiger partial charge in [-0.2, -0.15) is 5.10 Å². The molecule has 2 rings (SSSR count). The molecule has 1 N–H and O–H groups in total. The topological polar surface area (TPSA) is 66.3 Å². The minimum absolute atomic E-state index is 0.260. The summed E-state index contributed by atoms with van der Waals surface area (Å²) in [5, 5.41) is 17.4. The third-order valence-corrected chi connectivity index (χ3v) is 3.92. The first-order chi connectivity index (χ1) is 9.59. The number of rotatable bonds is 6. The van der Waals surface area contributed by atoms with Crippen LogP contribution in [0.2, 0.25) is 0 Å². The van der Waals surface area contributed by atoms with Gasteiger partial charge < -0.3 is 10.0 Å². The predicted molar refractivity (Wildman–Crippen MR) is 78.0 cm³/mol. The molecule has 1 aromatic heterocycles. The molecule has 1 heterocycles. The first kappa shape index (κ1) is 14.8. The van der Waals surface area contributed by atoms with E-state index in [2.05, 4.69) is 28.9 Å². The van der Waals surface area contributed by atoms with Gasteiger partial charge in [-0.15, -0.1) is 5.10 Å². The number of hydrogen-bond acceptors (Lipinski definition) is 4.